The van der Waals surface area contributed by atoms with Gasteiger partial charge in [0.15, 0.2) is 0 Å². The molecule has 3 aliphatic heterocycles. The Hall–Kier alpha value is -2.83. The van der Waals surface area contributed by atoms with Crippen LogP contribution in [0.25, 0.3) is 21.7 Å². The SMILES string of the molecule is Cc1cc2c(OC[C@@H](O)CN3C[C@@H]4C/C=C\C[C@H]3CN4Cc3ccc4ccccc4c3)ccc(Cl)c2[nH]1. The predicted molar refractivity (Wildman–Crippen MR) is 151 cm³/mol. The number of halogens is 1. The molecule has 7 rings (SSSR count). The molecule has 1 fully saturated rings. The largest absolute Gasteiger partial charge is 0.490 e. The Morgan fingerprint density at radius 2 is 1.73 bits per heavy atom. The number of fused-ring (bicyclic) bond motifs is 6. The van der Waals surface area contributed by atoms with E-state index in [1.807, 2.05) is 25.1 Å². The van der Waals surface area contributed by atoms with Gasteiger partial charge in [-0.05, 0) is 60.4 Å². The van der Waals surface area contributed by atoms with Crippen molar-refractivity contribution in [3.8, 4) is 5.75 Å². The first kappa shape index (κ1) is 24.5. The Morgan fingerprint density at radius 1 is 0.973 bits per heavy atom. The molecule has 0 amide bonds. The molecule has 3 aliphatic rings. The molecule has 1 saturated heterocycles. The Balaban J connectivity index is 1.10. The lowest BCUT2D eigenvalue weighted by Crippen LogP contribution is -2.59. The van der Waals surface area contributed by atoms with Crippen molar-refractivity contribution >= 4 is 33.3 Å². The molecule has 0 radical (unpaired) electrons. The van der Waals surface area contributed by atoms with Crippen LogP contribution >= 0.6 is 11.6 Å². The molecule has 1 aromatic heterocycles. The van der Waals surface area contributed by atoms with Crippen LogP contribution in [-0.2, 0) is 6.54 Å². The molecule has 2 N–H and O–H groups in total. The van der Waals surface area contributed by atoms with Gasteiger partial charge in [0.25, 0.3) is 0 Å². The number of aromatic nitrogens is 1. The normalized spacial score (nSPS) is 22.2. The van der Waals surface area contributed by atoms with Crippen molar-refractivity contribution in [2.24, 2.45) is 0 Å². The van der Waals surface area contributed by atoms with Crippen LogP contribution in [0.3, 0.4) is 0 Å². The molecule has 3 atom stereocenters. The minimum absolute atomic E-state index is 0.255. The van der Waals surface area contributed by atoms with Crippen LogP contribution in [0.15, 0.2) is 72.8 Å². The van der Waals surface area contributed by atoms with Crippen LogP contribution in [0.2, 0.25) is 5.02 Å². The maximum atomic E-state index is 11.0. The summed E-state index contributed by atoms with van der Waals surface area (Å²) < 4.78 is 6.08. The number of aromatic amines is 1. The fourth-order valence-electron chi connectivity index (χ4n) is 5.94. The van der Waals surface area contributed by atoms with Gasteiger partial charge in [0.1, 0.15) is 18.5 Å². The van der Waals surface area contributed by atoms with E-state index < -0.39 is 6.10 Å². The number of hydrogen-bond donors (Lipinski definition) is 2. The number of H-pyrrole nitrogens is 1. The minimum Gasteiger partial charge on any atom is -0.490 e. The van der Waals surface area contributed by atoms with Crippen LogP contribution in [-0.4, -0.2) is 64.3 Å². The van der Waals surface area contributed by atoms with Gasteiger partial charge in [-0.1, -0.05) is 60.2 Å². The highest BCUT2D eigenvalue weighted by Crippen LogP contribution is 2.32. The fraction of sp³-hybridized carbons (Fsp3) is 0.355. The van der Waals surface area contributed by atoms with Gasteiger partial charge in [-0.2, -0.15) is 0 Å². The summed E-state index contributed by atoms with van der Waals surface area (Å²) in [6.45, 7) is 5.80. The van der Waals surface area contributed by atoms with Crippen molar-refractivity contribution in [3.63, 3.8) is 0 Å². The first-order valence-electron chi connectivity index (χ1n) is 13.2. The van der Waals surface area contributed by atoms with E-state index in [0.29, 0.717) is 23.7 Å². The fourth-order valence-corrected chi connectivity index (χ4v) is 6.15. The van der Waals surface area contributed by atoms with Crippen LogP contribution in [0.1, 0.15) is 24.1 Å². The quantitative estimate of drug-likeness (QED) is 0.300. The molecule has 4 aromatic rings. The van der Waals surface area contributed by atoms with Crippen LogP contribution in [0.4, 0.5) is 0 Å². The molecule has 6 heteroatoms. The lowest BCUT2D eigenvalue weighted by molar-refractivity contribution is -0.0124. The van der Waals surface area contributed by atoms with Gasteiger partial charge in [-0.25, -0.2) is 0 Å². The molecule has 0 aliphatic carbocycles. The van der Waals surface area contributed by atoms with E-state index in [0.717, 1.165) is 54.8 Å². The lowest BCUT2D eigenvalue weighted by Gasteiger charge is -2.47. The van der Waals surface area contributed by atoms with Gasteiger partial charge in [-0.3, -0.25) is 9.80 Å². The number of nitrogens with zero attached hydrogens (tertiary/aromatic N) is 2. The van der Waals surface area contributed by atoms with E-state index in [1.165, 1.54) is 16.3 Å². The minimum atomic E-state index is -0.565. The Labute approximate surface area is 223 Å². The lowest BCUT2D eigenvalue weighted by atomic mass is 9.96. The summed E-state index contributed by atoms with van der Waals surface area (Å²) in [5, 5.41) is 15.2. The zero-order valence-corrected chi connectivity index (χ0v) is 22.0. The third-order valence-electron chi connectivity index (χ3n) is 7.82. The molecule has 0 saturated carbocycles. The molecular formula is C31H34ClN3O2. The topological polar surface area (TPSA) is 51.7 Å². The van der Waals surface area contributed by atoms with Gasteiger partial charge in [0.2, 0.25) is 0 Å². The smallest absolute Gasteiger partial charge is 0.128 e. The Kier molecular flexibility index (Phi) is 6.96. The summed E-state index contributed by atoms with van der Waals surface area (Å²) in [4.78, 5) is 8.39. The highest BCUT2D eigenvalue weighted by atomic mass is 35.5. The number of aryl methyl sites for hydroxylation is 1. The van der Waals surface area contributed by atoms with Crippen molar-refractivity contribution in [1.82, 2.24) is 14.8 Å². The van der Waals surface area contributed by atoms with Crippen molar-refractivity contribution in [1.29, 1.82) is 0 Å². The van der Waals surface area contributed by atoms with Crippen molar-refractivity contribution in [2.75, 3.05) is 26.2 Å². The highest BCUT2D eigenvalue weighted by molar-refractivity contribution is 6.35. The molecule has 0 unspecified atom stereocenters. The molecule has 192 valence electrons. The van der Waals surface area contributed by atoms with Crippen LogP contribution in [0, 0.1) is 6.92 Å². The van der Waals surface area contributed by atoms with Gasteiger partial charge in [0.05, 0.1) is 10.5 Å². The third kappa shape index (κ3) is 5.27. The standard InChI is InChI=1S/C31H34ClN3O2/c1-21-14-28-30(13-12-29(32)31(28)33-21)37-20-27(36)19-35-18-25-8-4-5-9-26(35)17-34(25)16-22-10-11-23-6-2-3-7-24(23)15-22/h2-7,10-15,25-27,33,36H,8-9,16-20H2,1H3/b5-4-/t25-,26-,27-/m0/s1. The number of benzene rings is 3. The summed E-state index contributed by atoms with van der Waals surface area (Å²) in [6, 6.07) is 22.0. The molecule has 0 spiro atoms. The second kappa shape index (κ2) is 10.5. The number of aliphatic hydroxyl groups is 1. The van der Waals surface area contributed by atoms with Crippen molar-refractivity contribution < 1.29 is 9.84 Å². The molecule has 37 heavy (non-hydrogen) atoms. The number of hydrogen-bond acceptors (Lipinski definition) is 4. The summed E-state index contributed by atoms with van der Waals surface area (Å²) >= 11 is 6.33. The van der Waals surface area contributed by atoms with Gasteiger partial charge in [-0.15, -0.1) is 0 Å². The van der Waals surface area contributed by atoms with Crippen molar-refractivity contribution in [2.45, 2.75) is 44.5 Å². The molecular weight excluding hydrogens is 482 g/mol. The second-order valence-corrected chi connectivity index (χ2v) is 11.0. The van der Waals surface area contributed by atoms with Gasteiger partial charge in [0, 0.05) is 49.3 Å². The summed E-state index contributed by atoms with van der Waals surface area (Å²) in [5.41, 5.74) is 3.28. The van der Waals surface area contributed by atoms with E-state index in [4.69, 9.17) is 16.3 Å². The second-order valence-electron chi connectivity index (χ2n) is 10.6. The van der Waals surface area contributed by atoms with Crippen molar-refractivity contribution in [3.05, 3.63) is 89.1 Å². The monoisotopic (exact) mass is 515 g/mol. The summed E-state index contributed by atoms with van der Waals surface area (Å²) in [5.74, 6) is 0.751. The maximum absolute atomic E-state index is 11.0. The van der Waals surface area contributed by atoms with E-state index >= 15 is 0 Å². The maximum Gasteiger partial charge on any atom is 0.128 e. The van der Waals surface area contributed by atoms with Crippen LogP contribution < -0.4 is 4.74 Å². The van der Waals surface area contributed by atoms with Gasteiger partial charge < -0.3 is 14.8 Å². The van der Waals surface area contributed by atoms with Crippen LogP contribution in [0.5, 0.6) is 5.75 Å². The zero-order chi connectivity index (χ0) is 25.4. The number of aliphatic hydroxyl groups excluding tert-OH is 1. The highest BCUT2D eigenvalue weighted by Gasteiger charge is 2.34. The average Bonchev–Trinajstić information content (AvgIpc) is 3.28. The van der Waals surface area contributed by atoms with Gasteiger partial charge >= 0.3 is 0 Å². The third-order valence-corrected chi connectivity index (χ3v) is 8.13. The number of piperazine rings is 1. The average molecular weight is 516 g/mol. The summed E-state index contributed by atoms with van der Waals surface area (Å²) in [6.07, 6.45) is 6.14. The molecule has 4 heterocycles. The van der Waals surface area contributed by atoms with E-state index in [-0.39, 0.29) is 6.61 Å². The molecule has 3 aromatic carbocycles. The van der Waals surface area contributed by atoms with E-state index in [9.17, 15) is 5.11 Å². The number of ether oxygens (including phenoxy) is 1. The first-order chi connectivity index (χ1) is 18.0. The molecule has 2 bridgehead atoms. The first-order valence-corrected chi connectivity index (χ1v) is 13.6. The summed E-state index contributed by atoms with van der Waals surface area (Å²) in [7, 11) is 0. The Morgan fingerprint density at radius 3 is 2.57 bits per heavy atom. The molecule has 5 nitrogen and oxygen atoms in total. The number of rotatable bonds is 7. The predicted octanol–water partition coefficient (Wildman–Crippen LogP) is 5.93. The van der Waals surface area contributed by atoms with E-state index in [1.54, 1.807) is 0 Å². The van der Waals surface area contributed by atoms with E-state index in [2.05, 4.69) is 69.4 Å². The number of nitrogens with one attached hydrogen (secondary N) is 1. The zero-order valence-electron chi connectivity index (χ0n) is 21.2. The Bertz CT molecular complexity index is 1430.